The van der Waals surface area contributed by atoms with E-state index in [1.807, 2.05) is 19.2 Å². The molecule has 0 atom stereocenters. The monoisotopic (exact) mass is 217 g/mol. The van der Waals surface area contributed by atoms with Crippen LogP contribution in [-0.2, 0) is 0 Å². The van der Waals surface area contributed by atoms with Gasteiger partial charge in [0.2, 0.25) is 0 Å². The molecule has 1 aliphatic rings. The third-order valence-electron chi connectivity index (χ3n) is 3.54. The second kappa shape index (κ2) is 4.69. The van der Waals surface area contributed by atoms with Crippen LogP contribution in [0.5, 0.6) is 0 Å². The molecule has 2 heteroatoms. The van der Waals surface area contributed by atoms with E-state index in [0.717, 1.165) is 11.3 Å². The van der Waals surface area contributed by atoms with E-state index in [9.17, 15) is 5.11 Å². The van der Waals surface area contributed by atoms with Gasteiger partial charge in [0.05, 0.1) is 11.5 Å². The number of nitrogens with zero attached hydrogens (tertiary/aromatic N) is 1. The first kappa shape index (κ1) is 11.2. The summed E-state index contributed by atoms with van der Waals surface area (Å²) in [5, 5.41) is 9.39. The third kappa shape index (κ3) is 2.26. The van der Waals surface area contributed by atoms with Crippen molar-refractivity contribution < 1.29 is 5.11 Å². The van der Waals surface area contributed by atoms with Crippen LogP contribution in [0.25, 0.3) is 5.57 Å². The second-order valence-corrected chi connectivity index (χ2v) is 4.67. The molecule has 1 saturated carbocycles. The average Bonchev–Trinajstić information content (AvgIpc) is 2.81. The minimum Gasteiger partial charge on any atom is -0.512 e. The normalized spacial score (nSPS) is 18.6. The van der Waals surface area contributed by atoms with Crippen LogP contribution in [0.15, 0.2) is 24.1 Å². The molecule has 0 bridgehead atoms. The summed E-state index contributed by atoms with van der Waals surface area (Å²) in [6, 6.07) is 4.17. The molecule has 2 rings (SSSR count). The van der Waals surface area contributed by atoms with Gasteiger partial charge < -0.3 is 5.11 Å². The molecule has 0 spiro atoms. The lowest BCUT2D eigenvalue weighted by Crippen LogP contribution is -1.95. The van der Waals surface area contributed by atoms with Crippen LogP contribution in [0.1, 0.15) is 56.7 Å². The molecule has 1 aliphatic carbocycles. The van der Waals surface area contributed by atoms with Gasteiger partial charge in [-0.15, -0.1) is 0 Å². The summed E-state index contributed by atoms with van der Waals surface area (Å²) in [6.45, 7) is 3.59. The Balaban J connectivity index is 2.19. The second-order valence-electron chi connectivity index (χ2n) is 4.67. The Morgan fingerprint density at radius 1 is 1.25 bits per heavy atom. The van der Waals surface area contributed by atoms with E-state index < -0.39 is 0 Å². The molecule has 0 aliphatic heterocycles. The zero-order valence-electron chi connectivity index (χ0n) is 10.0. The first-order chi connectivity index (χ1) is 7.68. The molecular weight excluding hydrogens is 198 g/mol. The van der Waals surface area contributed by atoms with Crippen LogP contribution >= 0.6 is 0 Å². The first-order valence-corrected chi connectivity index (χ1v) is 6.01. The van der Waals surface area contributed by atoms with Crippen molar-refractivity contribution in [2.75, 3.05) is 0 Å². The Morgan fingerprint density at radius 3 is 2.44 bits per heavy atom. The van der Waals surface area contributed by atoms with E-state index in [2.05, 4.69) is 11.1 Å². The van der Waals surface area contributed by atoms with Gasteiger partial charge in [-0.2, -0.15) is 0 Å². The summed E-state index contributed by atoms with van der Waals surface area (Å²) < 4.78 is 0. The molecule has 1 heterocycles. The van der Waals surface area contributed by atoms with Crippen molar-refractivity contribution in [3.8, 4) is 0 Å². The fourth-order valence-electron chi connectivity index (χ4n) is 2.31. The average molecular weight is 217 g/mol. The van der Waals surface area contributed by atoms with E-state index >= 15 is 0 Å². The number of hydrogen-bond acceptors (Lipinski definition) is 2. The van der Waals surface area contributed by atoms with Gasteiger partial charge >= 0.3 is 0 Å². The van der Waals surface area contributed by atoms with Gasteiger partial charge in [0.25, 0.3) is 0 Å². The lowest BCUT2D eigenvalue weighted by molar-refractivity contribution is 0.416. The summed E-state index contributed by atoms with van der Waals surface area (Å²) in [5.74, 6) is 1.06. The van der Waals surface area contributed by atoms with Gasteiger partial charge in [-0.05, 0) is 44.2 Å². The highest BCUT2D eigenvalue weighted by Gasteiger charge is 2.17. The van der Waals surface area contributed by atoms with Crippen LogP contribution in [0, 0.1) is 0 Å². The maximum atomic E-state index is 9.39. The number of aliphatic hydroxyl groups excluding tert-OH is 1. The van der Waals surface area contributed by atoms with Crippen molar-refractivity contribution in [2.45, 2.75) is 45.4 Å². The minimum atomic E-state index is 0.348. The molecule has 0 unspecified atom stereocenters. The first-order valence-electron chi connectivity index (χ1n) is 6.01. The van der Waals surface area contributed by atoms with Crippen molar-refractivity contribution in [1.82, 2.24) is 4.98 Å². The number of allylic oxidation sites excluding steroid dienone is 2. The number of aliphatic hydroxyl groups is 1. The number of rotatable bonds is 2. The van der Waals surface area contributed by atoms with Crippen LogP contribution in [0.4, 0.5) is 0 Å². The summed E-state index contributed by atoms with van der Waals surface area (Å²) in [7, 11) is 0. The molecule has 1 aromatic rings. The van der Waals surface area contributed by atoms with Gasteiger partial charge in [-0.3, -0.25) is 4.98 Å². The van der Waals surface area contributed by atoms with E-state index in [4.69, 9.17) is 0 Å². The topological polar surface area (TPSA) is 33.1 Å². The number of aromatic nitrogens is 1. The van der Waals surface area contributed by atoms with Crippen LogP contribution in [-0.4, -0.2) is 10.1 Å². The fourth-order valence-corrected chi connectivity index (χ4v) is 2.31. The molecule has 0 radical (unpaired) electrons. The Kier molecular flexibility index (Phi) is 3.28. The lowest BCUT2D eigenvalue weighted by Gasteiger charge is -2.09. The van der Waals surface area contributed by atoms with Crippen molar-refractivity contribution in [2.24, 2.45) is 0 Å². The molecule has 1 N–H and O–H groups in total. The minimum absolute atomic E-state index is 0.348. The van der Waals surface area contributed by atoms with Crippen LogP contribution < -0.4 is 0 Å². The quantitative estimate of drug-likeness (QED) is 0.758. The standard InChI is InChI=1S/C14H19NO/c1-10(11(2)16)14-8-7-13(9-15-14)12-5-3-4-6-12/h7-9,12,16H,3-6H2,1-2H3/b11-10-. The molecule has 0 aromatic carbocycles. The smallest absolute Gasteiger partial charge is 0.0942 e. The molecular formula is C14H19NO. The van der Waals surface area contributed by atoms with Crippen molar-refractivity contribution in [3.63, 3.8) is 0 Å². The number of pyridine rings is 1. The summed E-state index contributed by atoms with van der Waals surface area (Å²) in [6.07, 6.45) is 7.27. The Morgan fingerprint density at radius 2 is 1.94 bits per heavy atom. The molecule has 1 fully saturated rings. The highest BCUT2D eigenvalue weighted by Crippen LogP contribution is 2.33. The summed E-state index contributed by atoms with van der Waals surface area (Å²) in [5.41, 5.74) is 3.09. The molecule has 1 aromatic heterocycles. The lowest BCUT2D eigenvalue weighted by atomic mass is 9.99. The van der Waals surface area contributed by atoms with Gasteiger partial charge in [0.15, 0.2) is 0 Å². The fraction of sp³-hybridized carbons (Fsp3) is 0.500. The van der Waals surface area contributed by atoms with Crippen LogP contribution in [0.2, 0.25) is 0 Å². The van der Waals surface area contributed by atoms with Crippen molar-refractivity contribution in [1.29, 1.82) is 0 Å². The maximum absolute atomic E-state index is 9.39. The maximum Gasteiger partial charge on any atom is 0.0942 e. The molecule has 2 nitrogen and oxygen atoms in total. The zero-order valence-corrected chi connectivity index (χ0v) is 10.0. The molecule has 16 heavy (non-hydrogen) atoms. The van der Waals surface area contributed by atoms with Crippen LogP contribution in [0.3, 0.4) is 0 Å². The number of hydrogen-bond donors (Lipinski definition) is 1. The van der Waals surface area contributed by atoms with Gasteiger partial charge in [0.1, 0.15) is 0 Å². The van der Waals surface area contributed by atoms with Gasteiger partial charge in [0, 0.05) is 11.8 Å². The highest BCUT2D eigenvalue weighted by molar-refractivity contribution is 5.61. The van der Waals surface area contributed by atoms with E-state index in [1.165, 1.54) is 31.2 Å². The summed E-state index contributed by atoms with van der Waals surface area (Å²) >= 11 is 0. The van der Waals surface area contributed by atoms with Gasteiger partial charge in [-0.1, -0.05) is 18.9 Å². The molecule has 86 valence electrons. The third-order valence-corrected chi connectivity index (χ3v) is 3.54. The summed E-state index contributed by atoms with van der Waals surface area (Å²) in [4.78, 5) is 4.43. The zero-order chi connectivity index (χ0) is 11.5. The Labute approximate surface area is 97.0 Å². The predicted octanol–water partition coefficient (Wildman–Crippen LogP) is 4.05. The Bertz CT molecular complexity index is 382. The van der Waals surface area contributed by atoms with E-state index in [1.54, 1.807) is 6.92 Å². The van der Waals surface area contributed by atoms with E-state index in [-0.39, 0.29) is 0 Å². The molecule has 0 saturated heterocycles. The largest absolute Gasteiger partial charge is 0.512 e. The molecule has 0 amide bonds. The highest BCUT2D eigenvalue weighted by atomic mass is 16.3. The van der Waals surface area contributed by atoms with E-state index in [0.29, 0.717) is 11.7 Å². The van der Waals surface area contributed by atoms with Crippen molar-refractivity contribution >= 4 is 5.57 Å². The van der Waals surface area contributed by atoms with Gasteiger partial charge in [-0.25, -0.2) is 0 Å². The SMILES string of the molecule is C/C(O)=C(\C)c1ccc(C2CCCC2)cn1. The van der Waals surface area contributed by atoms with Crippen molar-refractivity contribution in [3.05, 3.63) is 35.3 Å². The predicted molar refractivity (Wildman–Crippen MR) is 66.3 cm³/mol. The Hall–Kier alpha value is -1.31.